The summed E-state index contributed by atoms with van der Waals surface area (Å²) in [7, 11) is 0. The second kappa shape index (κ2) is 8.19. The third-order valence-electron chi connectivity index (χ3n) is 7.10. The number of amides is 2. The smallest absolute Gasteiger partial charge is 0.407 e. The predicted molar refractivity (Wildman–Crippen MR) is 119 cm³/mol. The number of hydrogen-bond acceptors (Lipinski definition) is 5. The SMILES string of the molecule is CC1(C(=O)N2CC(C(=O)O)C2)COCC1NC(=O)OCC1c2ccccc2-c2ccccc21. The van der Waals surface area contributed by atoms with Crippen molar-refractivity contribution in [3.63, 3.8) is 0 Å². The van der Waals surface area contributed by atoms with Gasteiger partial charge in [0.25, 0.3) is 0 Å². The highest BCUT2D eigenvalue weighted by atomic mass is 16.5. The summed E-state index contributed by atoms with van der Waals surface area (Å²) in [5.41, 5.74) is 3.59. The minimum atomic E-state index is -0.963. The van der Waals surface area contributed by atoms with E-state index in [2.05, 4.69) is 29.6 Å². The van der Waals surface area contributed by atoms with Gasteiger partial charge < -0.3 is 24.8 Å². The van der Waals surface area contributed by atoms with E-state index in [1.807, 2.05) is 24.3 Å². The van der Waals surface area contributed by atoms with Gasteiger partial charge in [-0.05, 0) is 29.2 Å². The Kier molecular flexibility index (Phi) is 5.32. The largest absolute Gasteiger partial charge is 0.481 e. The van der Waals surface area contributed by atoms with Crippen molar-refractivity contribution in [2.75, 3.05) is 32.9 Å². The van der Waals surface area contributed by atoms with Crippen molar-refractivity contribution in [1.29, 1.82) is 0 Å². The van der Waals surface area contributed by atoms with Crippen LogP contribution in [0.15, 0.2) is 48.5 Å². The minimum absolute atomic E-state index is 0.0509. The summed E-state index contributed by atoms with van der Waals surface area (Å²) in [6.07, 6.45) is -0.599. The highest BCUT2D eigenvalue weighted by molar-refractivity contribution is 5.87. The van der Waals surface area contributed by atoms with Crippen molar-refractivity contribution in [3.8, 4) is 11.1 Å². The van der Waals surface area contributed by atoms with Gasteiger partial charge in [-0.3, -0.25) is 9.59 Å². The molecule has 2 amide bonds. The van der Waals surface area contributed by atoms with Gasteiger partial charge in [-0.1, -0.05) is 48.5 Å². The summed E-state index contributed by atoms with van der Waals surface area (Å²) in [6, 6.07) is 15.7. The number of aliphatic carboxylic acids is 1. The van der Waals surface area contributed by atoms with Crippen LogP contribution in [-0.4, -0.2) is 66.9 Å². The molecule has 2 fully saturated rings. The summed E-state index contributed by atoms with van der Waals surface area (Å²) in [5.74, 6) is -1.69. The number of carbonyl (C=O) groups is 3. The van der Waals surface area contributed by atoms with E-state index in [0.29, 0.717) is 0 Å². The lowest BCUT2D eigenvalue weighted by molar-refractivity contribution is -0.158. The van der Waals surface area contributed by atoms with Crippen LogP contribution < -0.4 is 5.32 Å². The van der Waals surface area contributed by atoms with Gasteiger partial charge in [-0.2, -0.15) is 0 Å². The molecule has 2 unspecified atom stereocenters. The number of alkyl carbamates (subject to hydrolysis) is 1. The number of fused-ring (bicyclic) bond motifs is 3. The number of benzene rings is 2. The van der Waals surface area contributed by atoms with Crippen LogP contribution in [0.25, 0.3) is 11.1 Å². The first kappa shape index (κ1) is 21.5. The van der Waals surface area contributed by atoms with E-state index in [-0.39, 0.29) is 44.7 Å². The van der Waals surface area contributed by atoms with Gasteiger partial charge in [-0.15, -0.1) is 0 Å². The maximum Gasteiger partial charge on any atom is 0.407 e. The van der Waals surface area contributed by atoms with Crippen molar-refractivity contribution in [2.45, 2.75) is 18.9 Å². The van der Waals surface area contributed by atoms with Crippen molar-refractivity contribution in [2.24, 2.45) is 11.3 Å². The Balaban J connectivity index is 1.23. The average molecular weight is 450 g/mol. The number of rotatable bonds is 5. The topological polar surface area (TPSA) is 105 Å². The molecular weight excluding hydrogens is 424 g/mol. The third-order valence-corrected chi connectivity index (χ3v) is 7.10. The van der Waals surface area contributed by atoms with Gasteiger partial charge in [0.05, 0.1) is 30.6 Å². The normalized spacial score (nSPS) is 24.0. The molecule has 5 rings (SSSR count). The average Bonchev–Trinajstić information content (AvgIpc) is 3.29. The molecule has 0 spiro atoms. The zero-order chi connectivity index (χ0) is 23.2. The van der Waals surface area contributed by atoms with Crippen molar-refractivity contribution < 1.29 is 29.0 Å². The quantitative estimate of drug-likeness (QED) is 0.725. The van der Waals surface area contributed by atoms with Crippen LogP contribution >= 0.6 is 0 Å². The van der Waals surface area contributed by atoms with Crippen LogP contribution in [0, 0.1) is 11.3 Å². The summed E-state index contributed by atoms with van der Waals surface area (Å²) >= 11 is 0. The second-order valence-corrected chi connectivity index (χ2v) is 9.20. The number of carboxylic acid groups (broad SMARTS) is 1. The molecule has 2 aliphatic heterocycles. The highest BCUT2D eigenvalue weighted by Gasteiger charge is 2.51. The van der Waals surface area contributed by atoms with Gasteiger partial charge in [0.2, 0.25) is 5.91 Å². The summed E-state index contributed by atoms with van der Waals surface area (Å²) < 4.78 is 11.1. The van der Waals surface area contributed by atoms with Gasteiger partial charge in [0, 0.05) is 19.0 Å². The Labute approximate surface area is 191 Å². The second-order valence-electron chi connectivity index (χ2n) is 9.20. The van der Waals surface area contributed by atoms with Crippen LogP contribution in [-0.2, 0) is 19.1 Å². The maximum atomic E-state index is 13.0. The molecule has 2 heterocycles. The molecule has 2 aromatic rings. The Morgan fingerprint density at radius 1 is 1.09 bits per heavy atom. The number of nitrogens with zero attached hydrogens (tertiary/aromatic N) is 1. The molecule has 8 nitrogen and oxygen atoms in total. The zero-order valence-corrected chi connectivity index (χ0v) is 18.3. The van der Waals surface area contributed by atoms with Crippen LogP contribution in [0.3, 0.4) is 0 Å². The van der Waals surface area contributed by atoms with E-state index in [1.54, 1.807) is 6.92 Å². The fourth-order valence-corrected chi connectivity index (χ4v) is 5.03. The standard InChI is InChI=1S/C25H26N2O6/c1-25(23(30)27-10-15(11-27)22(28)29)14-32-13-21(25)26-24(31)33-12-20-18-8-4-2-6-16(18)17-7-3-5-9-19(17)20/h2-9,15,20-21H,10-14H2,1H3,(H,26,31)(H,28,29). The van der Waals surface area contributed by atoms with Gasteiger partial charge >= 0.3 is 12.1 Å². The highest BCUT2D eigenvalue weighted by Crippen LogP contribution is 2.44. The molecule has 0 bridgehead atoms. The fourth-order valence-electron chi connectivity index (χ4n) is 5.03. The molecule has 2 atom stereocenters. The van der Waals surface area contributed by atoms with Crippen LogP contribution in [0.5, 0.6) is 0 Å². The third kappa shape index (κ3) is 3.64. The lowest BCUT2D eigenvalue weighted by atomic mass is 9.82. The molecule has 33 heavy (non-hydrogen) atoms. The number of likely N-dealkylation sites (tertiary alicyclic amines) is 1. The molecule has 0 radical (unpaired) electrons. The van der Waals surface area contributed by atoms with Gasteiger partial charge in [-0.25, -0.2) is 4.79 Å². The van der Waals surface area contributed by atoms with Crippen LogP contribution in [0.4, 0.5) is 4.79 Å². The maximum absolute atomic E-state index is 13.0. The molecule has 172 valence electrons. The molecule has 2 saturated heterocycles. The van der Waals surface area contributed by atoms with E-state index in [4.69, 9.17) is 14.6 Å². The van der Waals surface area contributed by atoms with Crippen molar-refractivity contribution in [3.05, 3.63) is 59.7 Å². The molecule has 8 heteroatoms. The zero-order valence-electron chi connectivity index (χ0n) is 18.3. The first-order valence-corrected chi connectivity index (χ1v) is 11.1. The van der Waals surface area contributed by atoms with E-state index in [9.17, 15) is 14.4 Å². The lowest BCUT2D eigenvalue weighted by Gasteiger charge is -2.42. The van der Waals surface area contributed by atoms with Crippen molar-refractivity contribution in [1.82, 2.24) is 10.2 Å². The Hall–Kier alpha value is -3.39. The Bertz CT molecular complexity index is 1070. The monoisotopic (exact) mass is 450 g/mol. The van der Waals surface area contributed by atoms with Gasteiger partial charge in [0.1, 0.15) is 6.61 Å². The van der Waals surface area contributed by atoms with Gasteiger partial charge in [0.15, 0.2) is 0 Å². The summed E-state index contributed by atoms with van der Waals surface area (Å²) in [6.45, 7) is 2.65. The number of carboxylic acids is 1. The van der Waals surface area contributed by atoms with E-state index in [1.165, 1.54) is 4.90 Å². The fraction of sp³-hybridized carbons (Fsp3) is 0.400. The number of carbonyl (C=O) groups excluding carboxylic acids is 2. The first-order chi connectivity index (χ1) is 15.9. The Morgan fingerprint density at radius 3 is 2.30 bits per heavy atom. The molecule has 0 aromatic heterocycles. The predicted octanol–water partition coefficient (Wildman–Crippen LogP) is 2.47. The van der Waals surface area contributed by atoms with E-state index >= 15 is 0 Å². The first-order valence-electron chi connectivity index (χ1n) is 11.1. The molecule has 3 aliphatic rings. The minimum Gasteiger partial charge on any atom is -0.481 e. The number of hydrogen-bond donors (Lipinski definition) is 2. The van der Waals surface area contributed by atoms with Crippen molar-refractivity contribution >= 4 is 18.0 Å². The number of nitrogens with one attached hydrogen (secondary N) is 1. The van der Waals surface area contributed by atoms with E-state index in [0.717, 1.165) is 22.3 Å². The summed E-state index contributed by atoms with van der Waals surface area (Å²) in [4.78, 5) is 38.3. The molecule has 1 aliphatic carbocycles. The lowest BCUT2D eigenvalue weighted by Crippen LogP contribution is -2.61. The van der Waals surface area contributed by atoms with E-state index < -0.39 is 29.4 Å². The van der Waals surface area contributed by atoms with Crippen LogP contribution in [0.1, 0.15) is 24.0 Å². The van der Waals surface area contributed by atoms with Crippen LogP contribution in [0.2, 0.25) is 0 Å². The molecule has 2 aromatic carbocycles. The molecule has 2 N–H and O–H groups in total. The molecule has 0 saturated carbocycles. The summed E-state index contributed by atoms with van der Waals surface area (Å²) in [5, 5.41) is 11.9. The number of ether oxygens (including phenoxy) is 2. The molecular formula is C25H26N2O6. The Morgan fingerprint density at radius 2 is 1.70 bits per heavy atom.